The van der Waals surface area contributed by atoms with E-state index in [9.17, 15) is 0 Å². The lowest BCUT2D eigenvalue weighted by Crippen LogP contribution is -2.21. The van der Waals surface area contributed by atoms with E-state index in [2.05, 4.69) is 0 Å². The lowest BCUT2D eigenvalue weighted by atomic mass is 10.1. The molecule has 60 valence electrons. The van der Waals surface area contributed by atoms with Crippen molar-refractivity contribution in [2.75, 3.05) is 7.11 Å². The molecule has 0 aromatic carbocycles. The number of rotatable bonds is 2. The van der Waals surface area contributed by atoms with Crippen LogP contribution in [-0.2, 0) is 9.47 Å². The summed E-state index contributed by atoms with van der Waals surface area (Å²) in [6.07, 6.45) is 1.06. The SMILES string of the molecule is CCC1OC(O)CC1OC. The predicted molar refractivity (Wildman–Crippen MR) is 36.6 cm³/mol. The molecule has 1 aliphatic heterocycles. The molecule has 0 aromatic rings. The Kier molecular flexibility index (Phi) is 2.65. The maximum absolute atomic E-state index is 9.03. The van der Waals surface area contributed by atoms with E-state index in [1.165, 1.54) is 0 Å². The summed E-state index contributed by atoms with van der Waals surface area (Å²) in [5.74, 6) is 0. The Bertz CT molecular complexity index is 93.0. The van der Waals surface area contributed by atoms with Crippen LogP contribution in [-0.4, -0.2) is 30.7 Å². The second-order valence-electron chi connectivity index (χ2n) is 2.55. The first-order valence-electron chi connectivity index (χ1n) is 3.64. The molecule has 1 saturated heterocycles. The largest absolute Gasteiger partial charge is 0.379 e. The second-order valence-corrected chi connectivity index (χ2v) is 2.55. The fourth-order valence-corrected chi connectivity index (χ4v) is 1.30. The fraction of sp³-hybridized carbons (Fsp3) is 1.00. The first-order chi connectivity index (χ1) is 4.77. The van der Waals surface area contributed by atoms with Gasteiger partial charge in [0.15, 0.2) is 6.29 Å². The molecule has 10 heavy (non-hydrogen) atoms. The summed E-state index contributed by atoms with van der Waals surface area (Å²) in [5, 5.41) is 9.03. The average molecular weight is 146 g/mol. The van der Waals surface area contributed by atoms with Crippen molar-refractivity contribution in [3.63, 3.8) is 0 Å². The normalized spacial score (nSPS) is 40.5. The van der Waals surface area contributed by atoms with E-state index in [-0.39, 0.29) is 12.2 Å². The highest BCUT2D eigenvalue weighted by atomic mass is 16.6. The third-order valence-corrected chi connectivity index (χ3v) is 1.89. The van der Waals surface area contributed by atoms with Crippen LogP contribution in [0.15, 0.2) is 0 Å². The van der Waals surface area contributed by atoms with Gasteiger partial charge in [0.25, 0.3) is 0 Å². The number of methoxy groups -OCH3 is 1. The lowest BCUT2D eigenvalue weighted by molar-refractivity contribution is -0.0968. The molecule has 0 spiro atoms. The van der Waals surface area contributed by atoms with Gasteiger partial charge in [0, 0.05) is 13.5 Å². The number of aliphatic hydroxyl groups excluding tert-OH is 1. The van der Waals surface area contributed by atoms with Gasteiger partial charge in [-0.15, -0.1) is 0 Å². The van der Waals surface area contributed by atoms with E-state index >= 15 is 0 Å². The molecule has 3 atom stereocenters. The van der Waals surface area contributed by atoms with Crippen LogP contribution in [0, 0.1) is 0 Å². The maximum atomic E-state index is 9.03. The van der Waals surface area contributed by atoms with E-state index in [0.29, 0.717) is 6.42 Å². The summed E-state index contributed by atoms with van der Waals surface area (Å²) < 4.78 is 10.2. The molecule has 1 fully saturated rings. The Morgan fingerprint density at radius 1 is 1.70 bits per heavy atom. The van der Waals surface area contributed by atoms with Gasteiger partial charge < -0.3 is 14.6 Å². The quantitative estimate of drug-likeness (QED) is 0.617. The molecule has 1 N–H and O–H groups in total. The van der Waals surface area contributed by atoms with Crippen LogP contribution >= 0.6 is 0 Å². The monoisotopic (exact) mass is 146 g/mol. The van der Waals surface area contributed by atoms with Crippen molar-refractivity contribution in [1.29, 1.82) is 0 Å². The van der Waals surface area contributed by atoms with E-state index in [1.54, 1.807) is 7.11 Å². The van der Waals surface area contributed by atoms with Crippen molar-refractivity contribution in [3.8, 4) is 0 Å². The van der Waals surface area contributed by atoms with Crippen LogP contribution in [0.25, 0.3) is 0 Å². The molecule has 0 saturated carbocycles. The highest BCUT2D eigenvalue weighted by molar-refractivity contribution is 4.77. The number of ether oxygens (including phenoxy) is 2. The van der Waals surface area contributed by atoms with Crippen LogP contribution in [0.4, 0.5) is 0 Å². The molecule has 1 aliphatic rings. The zero-order valence-corrected chi connectivity index (χ0v) is 6.41. The summed E-state index contributed by atoms with van der Waals surface area (Å²) in [6, 6.07) is 0. The van der Waals surface area contributed by atoms with Crippen molar-refractivity contribution in [2.24, 2.45) is 0 Å². The molecule has 0 bridgehead atoms. The minimum absolute atomic E-state index is 0.0833. The minimum atomic E-state index is -0.616. The molecule has 3 nitrogen and oxygen atoms in total. The van der Waals surface area contributed by atoms with Gasteiger partial charge in [-0.1, -0.05) is 6.92 Å². The summed E-state index contributed by atoms with van der Waals surface area (Å²) in [4.78, 5) is 0. The predicted octanol–water partition coefficient (Wildman–Crippen LogP) is 0.519. The zero-order valence-electron chi connectivity index (χ0n) is 6.41. The molecule has 0 aliphatic carbocycles. The number of hydrogen-bond acceptors (Lipinski definition) is 3. The van der Waals surface area contributed by atoms with Crippen LogP contribution in [0.3, 0.4) is 0 Å². The van der Waals surface area contributed by atoms with Crippen LogP contribution in [0.1, 0.15) is 19.8 Å². The van der Waals surface area contributed by atoms with E-state index in [1.807, 2.05) is 6.92 Å². The summed E-state index contributed by atoms with van der Waals surface area (Å²) in [6.45, 7) is 2.02. The summed E-state index contributed by atoms with van der Waals surface area (Å²) >= 11 is 0. The highest BCUT2D eigenvalue weighted by Crippen LogP contribution is 2.22. The molecule has 3 heteroatoms. The standard InChI is InChI=1S/C7H14O3/c1-3-5-6(9-2)4-7(8)10-5/h5-8H,3-4H2,1-2H3. The van der Waals surface area contributed by atoms with Crippen LogP contribution < -0.4 is 0 Å². The molecule has 3 unspecified atom stereocenters. The third kappa shape index (κ3) is 1.48. The van der Waals surface area contributed by atoms with Crippen LogP contribution in [0.2, 0.25) is 0 Å². The zero-order chi connectivity index (χ0) is 7.56. The van der Waals surface area contributed by atoms with Crippen molar-refractivity contribution in [2.45, 2.75) is 38.3 Å². The molecule has 0 amide bonds. The van der Waals surface area contributed by atoms with Crippen molar-refractivity contribution in [3.05, 3.63) is 0 Å². The van der Waals surface area contributed by atoms with E-state index in [4.69, 9.17) is 14.6 Å². The van der Waals surface area contributed by atoms with E-state index in [0.717, 1.165) is 6.42 Å². The second kappa shape index (κ2) is 3.32. The molecule has 0 radical (unpaired) electrons. The number of hydrogen-bond donors (Lipinski definition) is 1. The lowest BCUT2D eigenvalue weighted by Gasteiger charge is -2.13. The van der Waals surface area contributed by atoms with Crippen molar-refractivity contribution in [1.82, 2.24) is 0 Å². The first-order valence-corrected chi connectivity index (χ1v) is 3.64. The molecular weight excluding hydrogens is 132 g/mol. The van der Waals surface area contributed by atoms with Crippen molar-refractivity contribution < 1.29 is 14.6 Å². The van der Waals surface area contributed by atoms with Gasteiger partial charge in [0.1, 0.15) is 0 Å². The summed E-state index contributed by atoms with van der Waals surface area (Å²) in [5.41, 5.74) is 0. The molecule has 0 aromatic heterocycles. The van der Waals surface area contributed by atoms with Crippen LogP contribution in [0.5, 0.6) is 0 Å². The van der Waals surface area contributed by atoms with Gasteiger partial charge in [-0.05, 0) is 6.42 Å². The van der Waals surface area contributed by atoms with Gasteiger partial charge >= 0.3 is 0 Å². The highest BCUT2D eigenvalue weighted by Gasteiger charge is 2.32. The van der Waals surface area contributed by atoms with Crippen molar-refractivity contribution >= 4 is 0 Å². The van der Waals surface area contributed by atoms with Gasteiger partial charge in [-0.25, -0.2) is 0 Å². The van der Waals surface area contributed by atoms with Gasteiger partial charge in [-0.3, -0.25) is 0 Å². The smallest absolute Gasteiger partial charge is 0.157 e. The van der Waals surface area contributed by atoms with Gasteiger partial charge in [0.2, 0.25) is 0 Å². The average Bonchev–Trinajstić information content (AvgIpc) is 2.30. The van der Waals surface area contributed by atoms with Gasteiger partial charge in [0.05, 0.1) is 12.2 Å². The van der Waals surface area contributed by atoms with E-state index < -0.39 is 6.29 Å². The Morgan fingerprint density at radius 3 is 2.80 bits per heavy atom. The fourth-order valence-electron chi connectivity index (χ4n) is 1.30. The topological polar surface area (TPSA) is 38.7 Å². The Labute approximate surface area is 60.9 Å². The first kappa shape index (κ1) is 7.98. The molecule has 1 rings (SSSR count). The molecular formula is C7H14O3. The Hall–Kier alpha value is -0.120. The third-order valence-electron chi connectivity index (χ3n) is 1.89. The Morgan fingerprint density at radius 2 is 2.40 bits per heavy atom. The molecule has 1 heterocycles. The summed E-state index contributed by atoms with van der Waals surface area (Å²) in [7, 11) is 1.65. The Balaban J connectivity index is 2.41. The number of aliphatic hydroxyl groups is 1. The maximum Gasteiger partial charge on any atom is 0.157 e. The minimum Gasteiger partial charge on any atom is -0.379 e. The van der Waals surface area contributed by atoms with Gasteiger partial charge in [-0.2, -0.15) is 0 Å².